The first-order chi connectivity index (χ1) is 9.46. The molecule has 0 aliphatic heterocycles. The maximum absolute atomic E-state index is 12.0. The molecule has 0 saturated carbocycles. The number of hydrogen-bond donors (Lipinski definition) is 1. The Labute approximate surface area is 118 Å². The van der Waals surface area contributed by atoms with Crippen molar-refractivity contribution in [2.24, 2.45) is 5.73 Å². The molecule has 1 aromatic carbocycles. The number of rotatable bonds is 5. The van der Waals surface area contributed by atoms with Crippen LogP contribution < -0.4 is 5.73 Å². The first-order valence-corrected chi connectivity index (χ1v) is 7.66. The molecule has 0 aliphatic rings. The first-order valence-electron chi connectivity index (χ1n) is 6.22. The summed E-state index contributed by atoms with van der Waals surface area (Å²) in [6.45, 7) is 0.518. The molecule has 1 heterocycles. The van der Waals surface area contributed by atoms with Gasteiger partial charge >= 0.3 is 0 Å². The van der Waals surface area contributed by atoms with Crippen LogP contribution in [0.1, 0.15) is 5.82 Å². The third-order valence-corrected chi connectivity index (χ3v) is 4.81. The summed E-state index contributed by atoms with van der Waals surface area (Å²) >= 11 is 0. The number of aromatic nitrogens is 2. The second-order valence-electron chi connectivity index (χ2n) is 4.53. The lowest BCUT2D eigenvalue weighted by atomic mass is 10.3. The minimum Gasteiger partial charge on any atom is -0.330 e. The Hall–Kier alpha value is -1.70. The van der Waals surface area contributed by atoms with Gasteiger partial charge in [0.1, 0.15) is 5.82 Å². The van der Waals surface area contributed by atoms with E-state index in [0.717, 1.165) is 11.5 Å². The number of hydrogen-bond acceptors (Lipinski definition) is 4. The summed E-state index contributed by atoms with van der Waals surface area (Å²) in [4.78, 5) is 4.51. The third kappa shape index (κ3) is 2.74. The van der Waals surface area contributed by atoms with Gasteiger partial charge in [0.25, 0.3) is 0 Å². The van der Waals surface area contributed by atoms with E-state index in [1.54, 1.807) is 30.5 Å². The zero-order valence-electron chi connectivity index (χ0n) is 11.5. The van der Waals surface area contributed by atoms with E-state index in [-0.39, 0.29) is 4.90 Å². The molecule has 0 atom stereocenters. The first kappa shape index (κ1) is 14.7. The lowest BCUT2D eigenvalue weighted by Crippen LogP contribution is -2.22. The number of nitrogens with two attached hydrogens (primary N) is 1. The number of nitrogens with zero attached hydrogens (tertiary/aromatic N) is 3. The Balaban J connectivity index is 2.36. The van der Waals surface area contributed by atoms with Crippen molar-refractivity contribution in [2.45, 2.75) is 11.3 Å². The van der Waals surface area contributed by atoms with Crippen LogP contribution in [0, 0.1) is 0 Å². The molecular formula is C13H18N4O2S. The van der Waals surface area contributed by atoms with Crippen molar-refractivity contribution in [2.75, 3.05) is 20.6 Å². The molecular weight excluding hydrogens is 276 g/mol. The Kier molecular flexibility index (Phi) is 4.22. The molecule has 2 N–H and O–H groups in total. The van der Waals surface area contributed by atoms with Crippen LogP contribution in [-0.2, 0) is 16.4 Å². The molecule has 7 heteroatoms. The molecule has 2 aromatic rings. The maximum Gasteiger partial charge on any atom is 0.242 e. The summed E-state index contributed by atoms with van der Waals surface area (Å²) in [6.07, 6.45) is 4.21. The summed E-state index contributed by atoms with van der Waals surface area (Å²) in [5.74, 6) is 0.857. The van der Waals surface area contributed by atoms with Gasteiger partial charge in [-0.2, -0.15) is 0 Å². The smallest absolute Gasteiger partial charge is 0.242 e. The molecule has 0 fully saturated rings. The van der Waals surface area contributed by atoms with Crippen LogP contribution in [0.15, 0.2) is 41.6 Å². The highest BCUT2D eigenvalue weighted by molar-refractivity contribution is 7.89. The molecule has 1 aromatic heterocycles. The highest BCUT2D eigenvalue weighted by Crippen LogP contribution is 2.17. The van der Waals surface area contributed by atoms with E-state index in [9.17, 15) is 8.42 Å². The second kappa shape index (κ2) is 5.74. The van der Waals surface area contributed by atoms with Gasteiger partial charge in [-0.15, -0.1) is 0 Å². The SMILES string of the molecule is CN(C)S(=O)(=O)c1ccc(-n2ccnc2CCN)cc1. The van der Waals surface area contributed by atoms with Gasteiger partial charge in [0.05, 0.1) is 4.90 Å². The summed E-state index contributed by atoms with van der Waals surface area (Å²) in [6, 6.07) is 6.71. The van der Waals surface area contributed by atoms with Gasteiger partial charge in [-0.05, 0) is 30.8 Å². The molecule has 108 valence electrons. The lowest BCUT2D eigenvalue weighted by Gasteiger charge is -2.12. The van der Waals surface area contributed by atoms with E-state index < -0.39 is 10.0 Å². The molecule has 0 unspecified atom stereocenters. The van der Waals surface area contributed by atoms with Crippen molar-refractivity contribution in [1.29, 1.82) is 0 Å². The Morgan fingerprint density at radius 2 is 1.90 bits per heavy atom. The van der Waals surface area contributed by atoms with Gasteiger partial charge in [0.2, 0.25) is 10.0 Å². The fourth-order valence-electron chi connectivity index (χ4n) is 1.87. The molecule has 0 saturated heterocycles. The van der Waals surface area contributed by atoms with E-state index in [4.69, 9.17) is 5.73 Å². The Morgan fingerprint density at radius 1 is 1.25 bits per heavy atom. The predicted molar refractivity (Wildman–Crippen MR) is 77.2 cm³/mol. The molecule has 6 nitrogen and oxygen atoms in total. The monoisotopic (exact) mass is 294 g/mol. The summed E-state index contributed by atoms with van der Waals surface area (Å²) < 4.78 is 27.1. The number of sulfonamides is 1. The van der Waals surface area contributed by atoms with Crippen molar-refractivity contribution in [1.82, 2.24) is 13.9 Å². The van der Waals surface area contributed by atoms with Crippen molar-refractivity contribution in [3.05, 3.63) is 42.5 Å². The number of imidazole rings is 1. The molecule has 0 bridgehead atoms. The van der Waals surface area contributed by atoms with Crippen LogP contribution >= 0.6 is 0 Å². The minimum atomic E-state index is -3.39. The average Bonchev–Trinajstić information content (AvgIpc) is 2.87. The van der Waals surface area contributed by atoms with E-state index in [0.29, 0.717) is 13.0 Å². The maximum atomic E-state index is 12.0. The van der Waals surface area contributed by atoms with E-state index >= 15 is 0 Å². The molecule has 2 rings (SSSR count). The van der Waals surface area contributed by atoms with Crippen LogP contribution in [-0.4, -0.2) is 42.9 Å². The van der Waals surface area contributed by atoms with Crippen molar-refractivity contribution >= 4 is 10.0 Å². The molecule has 0 radical (unpaired) electrons. The van der Waals surface area contributed by atoms with Gasteiger partial charge in [0, 0.05) is 38.6 Å². The minimum absolute atomic E-state index is 0.270. The fraction of sp³-hybridized carbons (Fsp3) is 0.308. The topological polar surface area (TPSA) is 81.2 Å². The zero-order valence-corrected chi connectivity index (χ0v) is 12.3. The predicted octanol–water partition coefficient (Wildman–Crippen LogP) is 0.624. The summed E-state index contributed by atoms with van der Waals surface area (Å²) in [7, 11) is -0.370. The highest BCUT2D eigenvalue weighted by Gasteiger charge is 2.16. The lowest BCUT2D eigenvalue weighted by molar-refractivity contribution is 0.521. The molecule has 0 amide bonds. The van der Waals surface area contributed by atoms with Crippen LogP contribution in [0.2, 0.25) is 0 Å². The highest BCUT2D eigenvalue weighted by atomic mass is 32.2. The van der Waals surface area contributed by atoms with Gasteiger partial charge in [-0.1, -0.05) is 0 Å². The van der Waals surface area contributed by atoms with Crippen LogP contribution in [0.3, 0.4) is 0 Å². The van der Waals surface area contributed by atoms with Crippen molar-refractivity contribution in [3.8, 4) is 5.69 Å². The van der Waals surface area contributed by atoms with Crippen LogP contribution in [0.25, 0.3) is 5.69 Å². The molecule has 0 spiro atoms. The quantitative estimate of drug-likeness (QED) is 0.876. The standard InChI is InChI=1S/C13H18N4O2S/c1-16(2)20(18,19)12-5-3-11(4-6-12)17-10-9-15-13(17)7-8-14/h3-6,9-10H,7-8,14H2,1-2H3. The van der Waals surface area contributed by atoms with E-state index in [1.807, 2.05) is 10.8 Å². The number of benzene rings is 1. The normalized spacial score (nSPS) is 12.0. The van der Waals surface area contributed by atoms with Gasteiger partial charge in [-0.3, -0.25) is 0 Å². The Bertz CT molecular complexity index is 675. The second-order valence-corrected chi connectivity index (χ2v) is 6.69. The molecule has 0 aliphatic carbocycles. The zero-order chi connectivity index (χ0) is 14.8. The summed E-state index contributed by atoms with van der Waals surface area (Å²) in [5.41, 5.74) is 6.41. The van der Waals surface area contributed by atoms with Gasteiger partial charge in [0.15, 0.2) is 0 Å². The van der Waals surface area contributed by atoms with Crippen LogP contribution in [0.5, 0.6) is 0 Å². The van der Waals surface area contributed by atoms with Gasteiger partial charge in [-0.25, -0.2) is 17.7 Å². The third-order valence-electron chi connectivity index (χ3n) is 2.98. The Morgan fingerprint density at radius 3 is 2.45 bits per heavy atom. The van der Waals surface area contributed by atoms with E-state index in [1.165, 1.54) is 18.4 Å². The van der Waals surface area contributed by atoms with Gasteiger partial charge < -0.3 is 10.3 Å². The largest absolute Gasteiger partial charge is 0.330 e. The average molecular weight is 294 g/mol. The summed E-state index contributed by atoms with van der Waals surface area (Å²) in [5, 5.41) is 0. The van der Waals surface area contributed by atoms with Crippen LogP contribution in [0.4, 0.5) is 0 Å². The molecule has 20 heavy (non-hydrogen) atoms. The van der Waals surface area contributed by atoms with Crippen molar-refractivity contribution in [3.63, 3.8) is 0 Å². The fourth-order valence-corrected chi connectivity index (χ4v) is 2.77. The van der Waals surface area contributed by atoms with Crippen molar-refractivity contribution < 1.29 is 8.42 Å². The van der Waals surface area contributed by atoms with E-state index in [2.05, 4.69) is 4.98 Å².